The van der Waals surface area contributed by atoms with E-state index in [1.54, 1.807) is 4.31 Å². The lowest BCUT2D eigenvalue weighted by Gasteiger charge is -2.35. The maximum atomic E-state index is 13.1. The monoisotopic (exact) mass is 380 g/mol. The fourth-order valence-electron chi connectivity index (χ4n) is 4.09. The second-order valence-electron chi connectivity index (χ2n) is 7.34. The van der Waals surface area contributed by atoms with Gasteiger partial charge in [-0.2, -0.15) is 4.31 Å². The zero-order valence-electron chi connectivity index (χ0n) is 15.8. The summed E-state index contributed by atoms with van der Waals surface area (Å²) in [6.07, 6.45) is 1.17. The number of ether oxygens (including phenoxy) is 1. The van der Waals surface area contributed by atoms with Crippen LogP contribution in [0.2, 0.25) is 0 Å². The number of nitrogens with zero attached hydrogens (tertiary/aromatic N) is 2. The van der Waals surface area contributed by atoms with Crippen LogP contribution in [0.1, 0.15) is 29.5 Å². The van der Waals surface area contributed by atoms with Crippen LogP contribution in [0.3, 0.4) is 0 Å². The van der Waals surface area contributed by atoms with Crippen LogP contribution in [-0.4, -0.2) is 62.9 Å². The molecule has 2 fully saturated rings. The molecule has 0 saturated carbocycles. The number of aryl methyl sites for hydroxylation is 3. The van der Waals surface area contributed by atoms with Crippen molar-refractivity contribution in [1.82, 2.24) is 9.21 Å². The van der Waals surface area contributed by atoms with E-state index in [4.69, 9.17) is 4.74 Å². The van der Waals surface area contributed by atoms with Gasteiger partial charge in [0.05, 0.1) is 18.1 Å². The zero-order chi connectivity index (χ0) is 18.9. The van der Waals surface area contributed by atoms with Crippen LogP contribution in [0.15, 0.2) is 17.0 Å². The van der Waals surface area contributed by atoms with Gasteiger partial charge in [0.1, 0.15) is 0 Å². The van der Waals surface area contributed by atoms with E-state index in [1.165, 1.54) is 0 Å². The highest BCUT2D eigenvalue weighted by molar-refractivity contribution is 7.89. The molecule has 6 nitrogen and oxygen atoms in total. The van der Waals surface area contributed by atoms with E-state index >= 15 is 0 Å². The minimum atomic E-state index is -3.53. The molecule has 0 bridgehead atoms. The number of hydrogen-bond donors (Lipinski definition) is 0. The Kier molecular flexibility index (Phi) is 5.69. The Labute approximate surface area is 156 Å². The second kappa shape index (κ2) is 7.66. The summed E-state index contributed by atoms with van der Waals surface area (Å²) >= 11 is 0. The van der Waals surface area contributed by atoms with E-state index in [2.05, 4.69) is 0 Å². The number of rotatable bonds is 3. The van der Waals surface area contributed by atoms with E-state index in [1.807, 2.05) is 37.8 Å². The number of carbonyl (C=O) groups is 1. The Morgan fingerprint density at radius 2 is 1.54 bits per heavy atom. The van der Waals surface area contributed by atoms with Gasteiger partial charge in [0, 0.05) is 32.1 Å². The molecule has 2 aliphatic heterocycles. The normalized spacial score (nSPS) is 20.3. The first-order valence-corrected chi connectivity index (χ1v) is 10.7. The summed E-state index contributed by atoms with van der Waals surface area (Å²) < 4.78 is 33.1. The molecule has 0 unspecified atom stereocenters. The van der Waals surface area contributed by atoms with Crippen LogP contribution in [-0.2, 0) is 19.6 Å². The third kappa shape index (κ3) is 3.80. The molecule has 0 aromatic heterocycles. The van der Waals surface area contributed by atoms with Crippen molar-refractivity contribution < 1.29 is 17.9 Å². The Balaban J connectivity index is 1.70. The summed E-state index contributed by atoms with van der Waals surface area (Å²) in [5.41, 5.74) is 2.64. The lowest BCUT2D eigenvalue weighted by atomic mass is 9.96. The molecule has 3 rings (SSSR count). The molecule has 26 heavy (non-hydrogen) atoms. The quantitative estimate of drug-likeness (QED) is 0.803. The lowest BCUT2D eigenvalue weighted by Crippen LogP contribution is -2.47. The molecule has 2 saturated heterocycles. The van der Waals surface area contributed by atoms with Gasteiger partial charge in [0.2, 0.25) is 15.9 Å². The summed E-state index contributed by atoms with van der Waals surface area (Å²) in [7, 11) is -3.53. The van der Waals surface area contributed by atoms with Gasteiger partial charge >= 0.3 is 0 Å². The number of benzene rings is 1. The smallest absolute Gasteiger partial charge is 0.243 e. The van der Waals surface area contributed by atoms with Crippen molar-refractivity contribution in [2.45, 2.75) is 38.5 Å². The van der Waals surface area contributed by atoms with Gasteiger partial charge in [-0.15, -0.1) is 0 Å². The van der Waals surface area contributed by atoms with Crippen molar-refractivity contribution in [3.8, 4) is 0 Å². The highest BCUT2D eigenvalue weighted by atomic mass is 32.2. The van der Waals surface area contributed by atoms with Crippen molar-refractivity contribution in [3.63, 3.8) is 0 Å². The first-order chi connectivity index (χ1) is 12.3. The number of morpholine rings is 1. The fraction of sp³-hybridized carbons (Fsp3) is 0.632. The van der Waals surface area contributed by atoms with Crippen molar-refractivity contribution >= 4 is 15.9 Å². The van der Waals surface area contributed by atoms with Crippen LogP contribution < -0.4 is 0 Å². The van der Waals surface area contributed by atoms with Gasteiger partial charge in [0.25, 0.3) is 0 Å². The van der Waals surface area contributed by atoms with E-state index in [0.29, 0.717) is 57.1 Å². The minimum Gasteiger partial charge on any atom is -0.378 e. The molecule has 0 aliphatic carbocycles. The van der Waals surface area contributed by atoms with Gasteiger partial charge in [-0.05, 0) is 44.7 Å². The predicted molar refractivity (Wildman–Crippen MR) is 99.5 cm³/mol. The highest BCUT2D eigenvalue weighted by Crippen LogP contribution is 2.29. The summed E-state index contributed by atoms with van der Waals surface area (Å²) in [6.45, 7) is 8.92. The average molecular weight is 381 g/mol. The minimum absolute atomic E-state index is 0.0836. The largest absolute Gasteiger partial charge is 0.378 e. The Morgan fingerprint density at radius 3 is 2.08 bits per heavy atom. The summed E-state index contributed by atoms with van der Waals surface area (Å²) in [6, 6.07) is 3.82. The summed E-state index contributed by atoms with van der Waals surface area (Å²) in [4.78, 5) is 14.9. The number of sulfonamides is 1. The zero-order valence-corrected chi connectivity index (χ0v) is 16.6. The Bertz CT molecular complexity index is 754. The summed E-state index contributed by atoms with van der Waals surface area (Å²) in [5, 5.41) is 0. The van der Waals surface area contributed by atoms with Gasteiger partial charge < -0.3 is 9.64 Å². The van der Waals surface area contributed by atoms with Gasteiger partial charge in [-0.25, -0.2) is 8.42 Å². The first-order valence-electron chi connectivity index (χ1n) is 9.25. The van der Waals surface area contributed by atoms with Crippen molar-refractivity contribution in [2.24, 2.45) is 5.92 Å². The molecule has 1 aromatic carbocycles. The molecule has 0 radical (unpaired) electrons. The first kappa shape index (κ1) is 19.3. The molecule has 7 heteroatoms. The number of piperidine rings is 1. The Hall–Kier alpha value is -1.44. The third-order valence-corrected chi connectivity index (χ3v) is 7.53. The highest BCUT2D eigenvalue weighted by Gasteiger charge is 2.35. The van der Waals surface area contributed by atoms with E-state index in [0.717, 1.165) is 16.7 Å². The molecular formula is C19H28N2O4S. The lowest BCUT2D eigenvalue weighted by molar-refractivity contribution is -0.140. The molecular weight excluding hydrogens is 352 g/mol. The topological polar surface area (TPSA) is 66.9 Å². The number of carbonyl (C=O) groups excluding carboxylic acids is 1. The van der Waals surface area contributed by atoms with Crippen molar-refractivity contribution in [1.29, 1.82) is 0 Å². The maximum absolute atomic E-state index is 13.1. The molecule has 2 heterocycles. The van der Waals surface area contributed by atoms with Crippen LogP contribution in [0.5, 0.6) is 0 Å². The van der Waals surface area contributed by atoms with Crippen LogP contribution in [0.25, 0.3) is 0 Å². The van der Waals surface area contributed by atoms with Crippen molar-refractivity contribution in [2.75, 3.05) is 39.4 Å². The fourth-order valence-corrected chi connectivity index (χ4v) is 5.97. The molecule has 0 N–H and O–H groups in total. The molecule has 1 amide bonds. The van der Waals surface area contributed by atoms with E-state index in [-0.39, 0.29) is 11.8 Å². The van der Waals surface area contributed by atoms with E-state index in [9.17, 15) is 13.2 Å². The van der Waals surface area contributed by atoms with Crippen molar-refractivity contribution in [3.05, 3.63) is 28.8 Å². The van der Waals surface area contributed by atoms with Gasteiger partial charge in [-0.1, -0.05) is 17.7 Å². The molecule has 0 atom stereocenters. The molecule has 0 spiro atoms. The predicted octanol–water partition coefficient (Wildman–Crippen LogP) is 1.87. The SMILES string of the molecule is Cc1cc(C)c(S(=O)(=O)N2CCC(C(=O)N3CCOCC3)CC2)c(C)c1. The molecule has 1 aromatic rings. The van der Waals surface area contributed by atoms with Gasteiger partial charge in [0.15, 0.2) is 0 Å². The average Bonchev–Trinajstić information content (AvgIpc) is 2.61. The standard InChI is InChI=1S/C19H28N2O4S/c1-14-12-15(2)18(16(3)13-14)26(23,24)21-6-4-17(5-7-21)19(22)20-8-10-25-11-9-20/h12-13,17H,4-11H2,1-3H3. The van der Waals surface area contributed by atoms with Crippen LogP contribution >= 0.6 is 0 Å². The Morgan fingerprint density at radius 1 is 1.00 bits per heavy atom. The van der Waals surface area contributed by atoms with Gasteiger partial charge in [-0.3, -0.25) is 4.79 Å². The molecule has 2 aliphatic rings. The molecule has 144 valence electrons. The third-order valence-electron chi connectivity index (χ3n) is 5.33. The van der Waals surface area contributed by atoms with Crippen LogP contribution in [0.4, 0.5) is 0 Å². The van der Waals surface area contributed by atoms with E-state index < -0.39 is 10.0 Å². The maximum Gasteiger partial charge on any atom is 0.243 e. The summed E-state index contributed by atoms with van der Waals surface area (Å²) in [5.74, 6) is 0.0628. The van der Waals surface area contributed by atoms with Crippen LogP contribution in [0, 0.1) is 26.7 Å². The second-order valence-corrected chi connectivity index (χ2v) is 9.22. The number of hydrogen-bond acceptors (Lipinski definition) is 4. The number of amides is 1.